The van der Waals surface area contributed by atoms with Crippen LogP contribution in [-0.4, -0.2) is 55.3 Å². The predicted molar refractivity (Wildman–Crippen MR) is 78.7 cm³/mol. The summed E-state index contributed by atoms with van der Waals surface area (Å²) in [7, 11) is -3.57. The normalized spacial score (nSPS) is 18.6. The van der Waals surface area contributed by atoms with Crippen molar-refractivity contribution in [2.24, 2.45) is 5.92 Å². The van der Waals surface area contributed by atoms with Gasteiger partial charge in [-0.2, -0.15) is 4.31 Å². The molecule has 1 aromatic rings. The number of pyridine rings is 1. The first-order chi connectivity index (χ1) is 9.41. The number of rotatable bonds is 4. The number of nitrogen functional groups attached to an aromatic ring is 1. The predicted octanol–water partition coefficient (Wildman–Crippen LogP) is 0.626. The summed E-state index contributed by atoms with van der Waals surface area (Å²) < 4.78 is 26.5. The van der Waals surface area contributed by atoms with E-state index >= 15 is 0 Å². The van der Waals surface area contributed by atoms with Crippen molar-refractivity contribution < 1.29 is 8.42 Å². The average Bonchev–Trinajstić information content (AvgIpc) is 2.39. The number of aromatic nitrogens is 1. The molecule has 2 heterocycles. The number of hydrogen-bond donors (Lipinski definition) is 1. The molecule has 20 heavy (non-hydrogen) atoms. The Morgan fingerprint density at radius 3 is 2.50 bits per heavy atom. The van der Waals surface area contributed by atoms with Gasteiger partial charge in [-0.1, -0.05) is 13.8 Å². The highest BCUT2D eigenvalue weighted by Gasteiger charge is 2.30. The van der Waals surface area contributed by atoms with Gasteiger partial charge in [0, 0.05) is 38.9 Å². The number of hydrogen-bond acceptors (Lipinski definition) is 5. The Hall–Kier alpha value is -1.18. The first-order valence-electron chi connectivity index (χ1n) is 6.84. The van der Waals surface area contributed by atoms with E-state index in [1.165, 1.54) is 10.5 Å². The van der Waals surface area contributed by atoms with E-state index in [1.54, 1.807) is 12.1 Å². The van der Waals surface area contributed by atoms with E-state index in [1.807, 2.05) is 0 Å². The maximum Gasteiger partial charge on any atom is 0.262 e. The standard InChI is InChI=1S/C13H22N4O2S/c1-11(2)10-16-6-8-17(9-7-16)20(18,19)13-12(14)4-3-5-15-13/h3-5,11H,6-10,14H2,1-2H3. The lowest BCUT2D eigenvalue weighted by Crippen LogP contribution is -2.49. The Bertz CT molecular complexity index is 551. The number of piperazine rings is 1. The molecule has 0 radical (unpaired) electrons. The molecule has 2 rings (SSSR count). The molecule has 0 bridgehead atoms. The van der Waals surface area contributed by atoms with Crippen molar-refractivity contribution >= 4 is 15.7 Å². The molecule has 0 amide bonds. The third-order valence-electron chi connectivity index (χ3n) is 3.34. The molecule has 1 saturated heterocycles. The number of nitrogens with two attached hydrogens (primary N) is 1. The maximum absolute atomic E-state index is 12.5. The molecule has 0 spiro atoms. The van der Waals surface area contributed by atoms with Gasteiger partial charge >= 0.3 is 0 Å². The highest BCUT2D eigenvalue weighted by atomic mass is 32.2. The van der Waals surface area contributed by atoms with Gasteiger partial charge in [0.2, 0.25) is 0 Å². The summed E-state index contributed by atoms with van der Waals surface area (Å²) in [5.74, 6) is 0.588. The van der Waals surface area contributed by atoms with E-state index < -0.39 is 10.0 Å². The molecule has 112 valence electrons. The van der Waals surface area contributed by atoms with Gasteiger partial charge in [0.15, 0.2) is 5.03 Å². The van der Waals surface area contributed by atoms with Crippen molar-refractivity contribution in [1.82, 2.24) is 14.2 Å². The van der Waals surface area contributed by atoms with Crippen LogP contribution in [0.3, 0.4) is 0 Å². The second-order valence-corrected chi connectivity index (χ2v) is 7.35. The molecule has 0 atom stereocenters. The summed E-state index contributed by atoms with van der Waals surface area (Å²) in [5.41, 5.74) is 5.93. The fourth-order valence-corrected chi connectivity index (χ4v) is 3.86. The first-order valence-corrected chi connectivity index (χ1v) is 8.28. The Labute approximate surface area is 120 Å². The zero-order valence-corrected chi connectivity index (χ0v) is 12.8. The van der Waals surface area contributed by atoms with Gasteiger partial charge in [-0.25, -0.2) is 13.4 Å². The molecule has 1 aromatic heterocycles. The highest BCUT2D eigenvalue weighted by Crippen LogP contribution is 2.20. The van der Waals surface area contributed by atoms with Gasteiger partial charge in [0.25, 0.3) is 10.0 Å². The van der Waals surface area contributed by atoms with Gasteiger partial charge in [-0.05, 0) is 18.1 Å². The third kappa shape index (κ3) is 3.28. The number of nitrogens with zero attached hydrogens (tertiary/aromatic N) is 3. The van der Waals surface area contributed by atoms with Crippen molar-refractivity contribution in [3.05, 3.63) is 18.3 Å². The quantitative estimate of drug-likeness (QED) is 0.882. The molecule has 0 unspecified atom stereocenters. The van der Waals surface area contributed by atoms with Crippen molar-refractivity contribution in [2.45, 2.75) is 18.9 Å². The largest absolute Gasteiger partial charge is 0.396 e. The number of anilines is 1. The molecule has 6 nitrogen and oxygen atoms in total. The maximum atomic E-state index is 12.5. The van der Waals surface area contributed by atoms with Crippen LogP contribution in [0.25, 0.3) is 0 Å². The molecule has 0 aromatic carbocycles. The van der Waals surface area contributed by atoms with Crippen LogP contribution in [0.2, 0.25) is 0 Å². The minimum atomic E-state index is -3.57. The second-order valence-electron chi connectivity index (χ2n) is 5.50. The Balaban J connectivity index is 2.08. The molecular formula is C13H22N4O2S. The number of sulfonamides is 1. The van der Waals surface area contributed by atoms with Crippen LogP contribution < -0.4 is 5.73 Å². The SMILES string of the molecule is CC(C)CN1CCN(S(=O)(=O)c2ncccc2N)CC1. The molecule has 1 aliphatic rings. The fraction of sp³-hybridized carbons (Fsp3) is 0.615. The van der Waals surface area contributed by atoms with Gasteiger partial charge in [-0.3, -0.25) is 0 Å². The van der Waals surface area contributed by atoms with Crippen LogP contribution in [0.4, 0.5) is 5.69 Å². The van der Waals surface area contributed by atoms with Gasteiger partial charge < -0.3 is 10.6 Å². The van der Waals surface area contributed by atoms with E-state index in [4.69, 9.17) is 5.73 Å². The monoisotopic (exact) mass is 298 g/mol. The molecule has 0 aliphatic carbocycles. The smallest absolute Gasteiger partial charge is 0.262 e. The lowest BCUT2D eigenvalue weighted by Gasteiger charge is -2.34. The van der Waals surface area contributed by atoms with Crippen LogP contribution in [0.15, 0.2) is 23.4 Å². The Morgan fingerprint density at radius 2 is 1.95 bits per heavy atom. The van der Waals surface area contributed by atoms with Crippen molar-refractivity contribution in [3.63, 3.8) is 0 Å². The van der Waals surface area contributed by atoms with E-state index in [-0.39, 0.29) is 10.7 Å². The summed E-state index contributed by atoms with van der Waals surface area (Å²) >= 11 is 0. The lowest BCUT2D eigenvalue weighted by atomic mass is 10.2. The van der Waals surface area contributed by atoms with E-state index in [2.05, 4.69) is 23.7 Å². The highest BCUT2D eigenvalue weighted by molar-refractivity contribution is 7.89. The second kappa shape index (κ2) is 6.07. The van der Waals surface area contributed by atoms with E-state index in [0.29, 0.717) is 19.0 Å². The minimum Gasteiger partial charge on any atom is -0.396 e. The van der Waals surface area contributed by atoms with Crippen LogP contribution in [0, 0.1) is 5.92 Å². The summed E-state index contributed by atoms with van der Waals surface area (Å²) in [6.07, 6.45) is 1.46. The van der Waals surface area contributed by atoms with Crippen LogP contribution in [0.5, 0.6) is 0 Å². The molecule has 7 heteroatoms. The summed E-state index contributed by atoms with van der Waals surface area (Å²) in [4.78, 5) is 6.21. The first kappa shape index (κ1) is 15.2. The summed E-state index contributed by atoms with van der Waals surface area (Å²) in [6, 6.07) is 3.20. The Kier molecular flexibility index (Phi) is 4.62. The van der Waals surface area contributed by atoms with E-state index in [0.717, 1.165) is 19.6 Å². The van der Waals surface area contributed by atoms with Crippen LogP contribution in [0.1, 0.15) is 13.8 Å². The van der Waals surface area contributed by atoms with Crippen molar-refractivity contribution in [2.75, 3.05) is 38.5 Å². The molecular weight excluding hydrogens is 276 g/mol. The van der Waals surface area contributed by atoms with Crippen LogP contribution >= 0.6 is 0 Å². The van der Waals surface area contributed by atoms with Gasteiger partial charge in [-0.15, -0.1) is 0 Å². The molecule has 1 fully saturated rings. The lowest BCUT2D eigenvalue weighted by molar-refractivity contribution is 0.172. The topological polar surface area (TPSA) is 79.5 Å². The average molecular weight is 298 g/mol. The minimum absolute atomic E-state index is 0.0303. The van der Waals surface area contributed by atoms with Gasteiger partial charge in [0.1, 0.15) is 0 Å². The van der Waals surface area contributed by atoms with Gasteiger partial charge in [0.05, 0.1) is 5.69 Å². The molecule has 0 saturated carbocycles. The molecule has 1 aliphatic heterocycles. The van der Waals surface area contributed by atoms with Crippen molar-refractivity contribution in [1.29, 1.82) is 0 Å². The fourth-order valence-electron chi connectivity index (χ4n) is 2.41. The van der Waals surface area contributed by atoms with Crippen molar-refractivity contribution in [3.8, 4) is 0 Å². The summed E-state index contributed by atoms with van der Waals surface area (Å²) in [5, 5.41) is -0.0303. The summed E-state index contributed by atoms with van der Waals surface area (Å²) in [6.45, 7) is 7.82. The Morgan fingerprint density at radius 1 is 1.30 bits per heavy atom. The van der Waals surface area contributed by atoms with E-state index in [9.17, 15) is 8.42 Å². The zero-order chi connectivity index (χ0) is 14.8. The zero-order valence-electron chi connectivity index (χ0n) is 12.0. The third-order valence-corrected chi connectivity index (χ3v) is 5.21. The molecule has 2 N–H and O–H groups in total. The van der Waals surface area contributed by atoms with Crippen LogP contribution in [-0.2, 0) is 10.0 Å².